The number of aromatic nitrogens is 2. The van der Waals surface area contributed by atoms with Crippen molar-refractivity contribution in [3.05, 3.63) is 29.8 Å². The van der Waals surface area contributed by atoms with Crippen molar-refractivity contribution in [2.75, 3.05) is 5.75 Å². The van der Waals surface area contributed by atoms with Gasteiger partial charge in [-0.3, -0.25) is 4.79 Å². The minimum Gasteiger partial charge on any atom is -0.400 e. The van der Waals surface area contributed by atoms with Crippen LogP contribution in [0.5, 0.6) is 0 Å². The molecule has 0 bridgehead atoms. The molecule has 7 heteroatoms. The number of nitrogens with zero attached hydrogens (tertiary/aromatic N) is 2. The van der Waals surface area contributed by atoms with E-state index in [0.29, 0.717) is 11.6 Å². The van der Waals surface area contributed by atoms with Crippen molar-refractivity contribution in [2.45, 2.75) is 45.8 Å². The van der Waals surface area contributed by atoms with E-state index in [4.69, 9.17) is 9.31 Å². The summed E-state index contributed by atoms with van der Waals surface area (Å²) in [7, 11) is -0.499. The Bertz CT molecular complexity index is 559. The first-order valence-electron chi connectivity index (χ1n) is 7.18. The van der Waals surface area contributed by atoms with Crippen molar-refractivity contribution < 1.29 is 14.1 Å². The Labute approximate surface area is 136 Å². The lowest BCUT2D eigenvalue weighted by atomic mass is 9.79. The summed E-state index contributed by atoms with van der Waals surface area (Å²) >= 11 is 1.22. The number of rotatable bonds is 4. The van der Waals surface area contributed by atoms with Gasteiger partial charge in [0.1, 0.15) is 0 Å². The summed E-state index contributed by atoms with van der Waals surface area (Å²) in [6, 6.07) is 1.76. The van der Waals surface area contributed by atoms with Crippen molar-refractivity contribution in [2.24, 2.45) is 0 Å². The smallest absolute Gasteiger partial charge is 0.400 e. The summed E-state index contributed by atoms with van der Waals surface area (Å²) in [5, 5.41) is 0.0522. The second kappa shape index (κ2) is 6.52. The molecule has 0 spiro atoms. The van der Waals surface area contributed by atoms with E-state index in [0.717, 1.165) is 5.47 Å². The van der Waals surface area contributed by atoms with Gasteiger partial charge in [-0.15, -0.1) is 0 Å². The first-order valence-corrected chi connectivity index (χ1v) is 8.16. The fourth-order valence-electron chi connectivity index (χ4n) is 1.91. The van der Waals surface area contributed by atoms with Crippen LogP contribution in [0.1, 0.15) is 40.4 Å². The predicted octanol–water partition coefficient (Wildman–Crippen LogP) is 2.77. The average Bonchev–Trinajstić information content (AvgIpc) is 2.64. The van der Waals surface area contributed by atoms with Gasteiger partial charge in [0.15, 0.2) is 10.9 Å². The van der Waals surface area contributed by atoms with Crippen LogP contribution in [-0.2, 0) is 14.1 Å². The van der Waals surface area contributed by atoms with Gasteiger partial charge in [0.05, 0.1) is 11.2 Å². The Balaban J connectivity index is 2.26. The van der Waals surface area contributed by atoms with Gasteiger partial charge in [0, 0.05) is 25.1 Å². The molecule has 1 saturated heterocycles. The largest absolute Gasteiger partial charge is 0.491 e. The van der Waals surface area contributed by atoms with E-state index >= 15 is 0 Å². The van der Waals surface area contributed by atoms with E-state index in [1.807, 2.05) is 33.8 Å². The Morgan fingerprint density at radius 2 is 1.77 bits per heavy atom. The lowest BCUT2D eigenvalue weighted by Gasteiger charge is -2.32. The predicted molar refractivity (Wildman–Crippen MR) is 89.2 cm³/mol. The minimum absolute atomic E-state index is 0.0522. The standard InChI is InChI=1S/C15H21BN2O3S/c1-11(19)22-10-12(9-13-17-7-6-8-18-13)16-20-14(2,3)15(4,5)21-16/h6-9H,10H2,1-5H3. The third-order valence-electron chi connectivity index (χ3n) is 3.90. The highest BCUT2D eigenvalue weighted by Gasteiger charge is 2.52. The second-order valence-electron chi connectivity index (χ2n) is 6.19. The Kier molecular flexibility index (Phi) is 5.09. The van der Waals surface area contributed by atoms with Crippen molar-refractivity contribution in [1.29, 1.82) is 0 Å². The van der Waals surface area contributed by atoms with Crippen LogP contribution >= 0.6 is 11.8 Å². The van der Waals surface area contributed by atoms with Gasteiger partial charge in [0.25, 0.3) is 0 Å². The van der Waals surface area contributed by atoms with Crippen molar-refractivity contribution in [3.8, 4) is 0 Å². The van der Waals surface area contributed by atoms with E-state index in [1.54, 1.807) is 25.4 Å². The zero-order chi connectivity index (χ0) is 16.4. The van der Waals surface area contributed by atoms with Gasteiger partial charge in [-0.05, 0) is 45.3 Å². The first kappa shape index (κ1) is 17.2. The molecule has 0 N–H and O–H groups in total. The van der Waals surface area contributed by atoms with Crippen LogP contribution in [0.15, 0.2) is 23.9 Å². The number of hydrogen-bond acceptors (Lipinski definition) is 6. The number of thioether (sulfide) groups is 1. The van der Waals surface area contributed by atoms with Crippen LogP contribution < -0.4 is 0 Å². The number of carbonyl (C=O) groups is 1. The van der Waals surface area contributed by atoms with E-state index in [1.165, 1.54) is 11.8 Å². The summed E-state index contributed by atoms with van der Waals surface area (Å²) in [5.41, 5.74) is 0.00902. The molecular formula is C15H21BN2O3S. The molecule has 2 rings (SSSR count). The summed E-state index contributed by atoms with van der Waals surface area (Å²) in [6.07, 6.45) is 5.19. The first-order chi connectivity index (χ1) is 10.2. The van der Waals surface area contributed by atoms with Crippen molar-refractivity contribution in [3.63, 3.8) is 0 Å². The number of hydrogen-bond donors (Lipinski definition) is 0. The van der Waals surface area contributed by atoms with Gasteiger partial charge < -0.3 is 9.31 Å². The minimum atomic E-state index is -0.499. The summed E-state index contributed by atoms with van der Waals surface area (Å²) in [5.74, 6) is 1.07. The second-order valence-corrected chi connectivity index (χ2v) is 7.35. The van der Waals surface area contributed by atoms with E-state index in [9.17, 15) is 4.79 Å². The Morgan fingerprint density at radius 3 is 2.27 bits per heavy atom. The van der Waals surface area contributed by atoms with Crippen LogP contribution in [0.2, 0.25) is 0 Å². The molecule has 0 aromatic carbocycles. The van der Waals surface area contributed by atoms with Gasteiger partial charge in [0.2, 0.25) is 0 Å². The maximum Gasteiger partial charge on any atom is 0.491 e. The average molecular weight is 320 g/mol. The van der Waals surface area contributed by atoms with E-state index in [2.05, 4.69) is 9.97 Å². The van der Waals surface area contributed by atoms with Crippen LogP contribution in [-0.4, -0.2) is 39.2 Å². The monoisotopic (exact) mass is 320 g/mol. The molecule has 0 unspecified atom stereocenters. The maximum absolute atomic E-state index is 11.3. The molecule has 1 aliphatic rings. The molecule has 2 heterocycles. The topological polar surface area (TPSA) is 61.3 Å². The van der Waals surface area contributed by atoms with E-state index in [-0.39, 0.29) is 5.12 Å². The van der Waals surface area contributed by atoms with Crippen LogP contribution in [0.4, 0.5) is 0 Å². The fourth-order valence-corrected chi connectivity index (χ4v) is 2.50. The molecule has 0 amide bonds. The fraction of sp³-hybridized carbons (Fsp3) is 0.533. The molecule has 1 aromatic rings. The van der Waals surface area contributed by atoms with Crippen LogP contribution in [0.3, 0.4) is 0 Å². The van der Waals surface area contributed by atoms with Crippen LogP contribution in [0, 0.1) is 0 Å². The Hall–Kier alpha value is -1.18. The number of carbonyl (C=O) groups excluding carboxylic acids is 1. The van der Waals surface area contributed by atoms with E-state index < -0.39 is 18.3 Å². The maximum atomic E-state index is 11.3. The molecule has 118 valence electrons. The highest BCUT2D eigenvalue weighted by molar-refractivity contribution is 8.13. The lowest BCUT2D eigenvalue weighted by Crippen LogP contribution is -2.41. The van der Waals surface area contributed by atoms with Crippen LogP contribution in [0.25, 0.3) is 6.08 Å². The molecule has 1 aliphatic heterocycles. The molecule has 22 heavy (non-hydrogen) atoms. The summed E-state index contributed by atoms with van der Waals surface area (Å²) in [6.45, 7) is 9.55. The highest BCUT2D eigenvalue weighted by atomic mass is 32.2. The van der Waals surface area contributed by atoms with Gasteiger partial charge >= 0.3 is 7.12 Å². The quantitative estimate of drug-likeness (QED) is 0.795. The molecule has 5 nitrogen and oxygen atoms in total. The summed E-state index contributed by atoms with van der Waals surface area (Å²) < 4.78 is 12.1. The molecule has 1 fully saturated rings. The molecule has 1 aromatic heterocycles. The van der Waals surface area contributed by atoms with Crippen molar-refractivity contribution >= 4 is 30.1 Å². The molecule has 0 saturated carbocycles. The van der Waals surface area contributed by atoms with Gasteiger partial charge in [-0.25, -0.2) is 9.97 Å². The highest BCUT2D eigenvalue weighted by Crippen LogP contribution is 2.39. The van der Waals surface area contributed by atoms with Gasteiger partial charge in [-0.2, -0.15) is 0 Å². The molecule has 0 aliphatic carbocycles. The Morgan fingerprint density at radius 1 is 1.23 bits per heavy atom. The molecular weight excluding hydrogens is 299 g/mol. The third kappa shape index (κ3) is 3.97. The SMILES string of the molecule is CC(=O)SCC(=Cc1ncccn1)B1OC(C)(C)C(C)(C)O1. The van der Waals surface area contributed by atoms with Gasteiger partial charge in [-0.1, -0.05) is 11.8 Å². The zero-order valence-electron chi connectivity index (χ0n) is 13.6. The third-order valence-corrected chi connectivity index (χ3v) is 4.78. The molecule has 0 radical (unpaired) electrons. The normalized spacial score (nSPS) is 20.2. The lowest BCUT2D eigenvalue weighted by molar-refractivity contribution is -0.109. The molecule has 0 atom stereocenters. The van der Waals surface area contributed by atoms with Crippen molar-refractivity contribution in [1.82, 2.24) is 9.97 Å². The summed E-state index contributed by atoms with van der Waals surface area (Å²) in [4.78, 5) is 19.7. The zero-order valence-corrected chi connectivity index (χ0v) is 14.4.